The minimum atomic E-state index is -3.46. The molecule has 3 aromatic rings. The minimum Gasteiger partial charge on any atom is -0.372 e. The summed E-state index contributed by atoms with van der Waals surface area (Å²) in [5.74, 6) is -0.265. The Balaban J connectivity index is 1.99. The number of carbonyl (C=O) groups excluding carboxylic acids is 1. The van der Waals surface area contributed by atoms with Crippen LogP contribution in [0.15, 0.2) is 72.8 Å². The van der Waals surface area contributed by atoms with Crippen molar-refractivity contribution in [3.05, 3.63) is 99.9 Å². The van der Waals surface area contributed by atoms with E-state index in [0.717, 1.165) is 40.2 Å². The van der Waals surface area contributed by atoms with E-state index in [0.29, 0.717) is 5.56 Å². The number of carbonyl (C=O) groups is 1. The van der Waals surface area contributed by atoms with E-state index in [1.54, 1.807) is 26.0 Å². The number of rotatable bonds is 12. The highest BCUT2D eigenvalue weighted by Crippen LogP contribution is 2.48. The molecule has 0 spiro atoms. The van der Waals surface area contributed by atoms with Gasteiger partial charge in [-0.3, -0.25) is 9.36 Å². The average Bonchev–Trinajstić information content (AvgIpc) is 2.87. The molecule has 36 heavy (non-hydrogen) atoms. The molecular formula is C30H36NO4P. The van der Waals surface area contributed by atoms with Crippen LogP contribution in [0.1, 0.15) is 49.2 Å². The predicted molar refractivity (Wildman–Crippen MR) is 149 cm³/mol. The maximum absolute atomic E-state index is 12.9. The Labute approximate surface area is 214 Å². The van der Waals surface area contributed by atoms with Crippen LogP contribution in [0.4, 0.5) is 5.69 Å². The van der Waals surface area contributed by atoms with E-state index in [9.17, 15) is 9.36 Å². The SMILES string of the molecule is C=c1ccc(=C(c2ccc(C(=O)CP(=O)(OCC)OCC)cc2)c2ccc(N(CC)CC)cc2)cc1. The van der Waals surface area contributed by atoms with Crippen molar-refractivity contribution in [3.63, 3.8) is 0 Å². The van der Waals surface area contributed by atoms with Gasteiger partial charge in [0.15, 0.2) is 5.78 Å². The first-order valence-electron chi connectivity index (χ1n) is 12.5. The van der Waals surface area contributed by atoms with Crippen molar-refractivity contribution in [1.29, 1.82) is 0 Å². The summed E-state index contributed by atoms with van der Waals surface area (Å²) in [5, 5.41) is 2.01. The van der Waals surface area contributed by atoms with Crippen LogP contribution < -0.4 is 15.3 Å². The number of benzene rings is 3. The Morgan fingerprint density at radius 3 is 1.69 bits per heavy atom. The lowest BCUT2D eigenvalue weighted by atomic mass is 9.94. The van der Waals surface area contributed by atoms with Crippen LogP contribution in [-0.4, -0.2) is 38.2 Å². The van der Waals surface area contributed by atoms with Crippen LogP contribution in [0.5, 0.6) is 0 Å². The first-order valence-corrected chi connectivity index (χ1v) is 14.2. The van der Waals surface area contributed by atoms with Gasteiger partial charge in [-0.05, 0) is 67.0 Å². The highest BCUT2D eigenvalue weighted by atomic mass is 31.2. The van der Waals surface area contributed by atoms with Crippen molar-refractivity contribution in [2.45, 2.75) is 27.7 Å². The standard InChI is InChI=1S/C30H36NO4P/c1-6-31(7-2)28-20-18-27(19-21-28)30(25-12-10-23(5)11-13-25)26-16-14-24(15-17-26)29(32)22-36(33,34-8-3)35-9-4/h10-21H,5-9,22H2,1-4H3. The van der Waals surface area contributed by atoms with Gasteiger partial charge in [0.25, 0.3) is 0 Å². The van der Waals surface area contributed by atoms with Crippen LogP contribution in [-0.2, 0) is 13.6 Å². The van der Waals surface area contributed by atoms with E-state index in [4.69, 9.17) is 9.05 Å². The van der Waals surface area contributed by atoms with Crippen molar-refractivity contribution in [3.8, 4) is 0 Å². The summed E-state index contributed by atoms with van der Waals surface area (Å²) < 4.78 is 23.4. The Kier molecular flexibility index (Phi) is 9.83. The molecule has 0 fully saturated rings. The van der Waals surface area contributed by atoms with Gasteiger partial charge >= 0.3 is 7.60 Å². The third-order valence-electron chi connectivity index (χ3n) is 6.01. The van der Waals surface area contributed by atoms with E-state index >= 15 is 0 Å². The molecule has 0 saturated carbocycles. The number of hydrogen-bond acceptors (Lipinski definition) is 5. The summed E-state index contributed by atoms with van der Waals surface area (Å²) in [6.07, 6.45) is -0.275. The van der Waals surface area contributed by atoms with Crippen molar-refractivity contribution in [2.24, 2.45) is 0 Å². The lowest BCUT2D eigenvalue weighted by Gasteiger charge is -2.21. The van der Waals surface area contributed by atoms with Gasteiger partial charge in [-0.2, -0.15) is 0 Å². The largest absolute Gasteiger partial charge is 0.372 e. The first-order chi connectivity index (χ1) is 17.3. The Hall–Kier alpha value is -2.98. The average molecular weight is 506 g/mol. The molecule has 5 nitrogen and oxygen atoms in total. The molecule has 0 aromatic heterocycles. The minimum absolute atomic E-state index is 0.223. The molecule has 190 valence electrons. The zero-order valence-electron chi connectivity index (χ0n) is 21.7. The van der Waals surface area contributed by atoms with Crippen molar-refractivity contribution >= 4 is 31.2 Å². The molecule has 0 aliphatic heterocycles. The molecule has 3 rings (SSSR count). The number of Topliss-reactive ketones (excluding diaryl/α,β-unsaturated/α-hetero) is 1. The number of anilines is 1. The van der Waals surface area contributed by atoms with Gasteiger partial charge < -0.3 is 13.9 Å². The lowest BCUT2D eigenvalue weighted by molar-refractivity contribution is 0.100. The van der Waals surface area contributed by atoms with Crippen molar-refractivity contribution in [1.82, 2.24) is 0 Å². The number of hydrogen-bond donors (Lipinski definition) is 0. The maximum atomic E-state index is 12.9. The third kappa shape index (κ3) is 6.82. The predicted octanol–water partition coefficient (Wildman–Crippen LogP) is 5.64. The first kappa shape index (κ1) is 27.6. The molecule has 6 heteroatoms. The summed E-state index contributed by atoms with van der Waals surface area (Å²) in [5.41, 5.74) is 4.79. The molecule has 0 atom stereocenters. The van der Waals surface area contributed by atoms with E-state index in [1.807, 2.05) is 24.3 Å². The summed E-state index contributed by atoms with van der Waals surface area (Å²) in [6, 6.07) is 24.1. The van der Waals surface area contributed by atoms with Gasteiger partial charge in [0.2, 0.25) is 0 Å². The molecule has 0 N–H and O–H groups in total. The summed E-state index contributed by atoms with van der Waals surface area (Å²) in [7, 11) is -3.46. The second-order valence-corrected chi connectivity index (χ2v) is 10.5. The monoisotopic (exact) mass is 505 g/mol. The van der Waals surface area contributed by atoms with E-state index in [2.05, 4.69) is 61.7 Å². The molecule has 0 heterocycles. The second-order valence-electron chi connectivity index (χ2n) is 8.40. The van der Waals surface area contributed by atoms with Crippen LogP contribution in [0, 0.1) is 0 Å². The molecule has 0 amide bonds. The zero-order valence-corrected chi connectivity index (χ0v) is 22.6. The normalized spacial score (nSPS) is 11.3. The smallest absolute Gasteiger partial charge is 0.338 e. The van der Waals surface area contributed by atoms with Gasteiger partial charge in [0.1, 0.15) is 6.16 Å². The van der Waals surface area contributed by atoms with Crippen LogP contribution in [0.2, 0.25) is 0 Å². The summed E-state index contributed by atoms with van der Waals surface area (Å²) in [4.78, 5) is 15.2. The Morgan fingerprint density at radius 2 is 1.22 bits per heavy atom. The van der Waals surface area contributed by atoms with Gasteiger partial charge in [-0.1, -0.05) is 67.2 Å². The van der Waals surface area contributed by atoms with Crippen molar-refractivity contribution in [2.75, 3.05) is 37.4 Å². The van der Waals surface area contributed by atoms with E-state index in [-0.39, 0.29) is 25.2 Å². The molecule has 0 saturated heterocycles. The maximum Gasteiger partial charge on any atom is 0.338 e. The fourth-order valence-electron chi connectivity index (χ4n) is 4.21. The van der Waals surface area contributed by atoms with E-state index < -0.39 is 7.60 Å². The van der Waals surface area contributed by atoms with Gasteiger partial charge in [-0.25, -0.2) is 0 Å². The molecule has 0 aliphatic rings. The Bertz CT molecular complexity index is 1280. The van der Waals surface area contributed by atoms with Gasteiger partial charge in [0, 0.05) is 24.3 Å². The Morgan fingerprint density at radius 1 is 0.750 bits per heavy atom. The fraction of sp³-hybridized carbons (Fsp3) is 0.300. The second kappa shape index (κ2) is 12.8. The number of nitrogens with zero attached hydrogens (tertiary/aromatic N) is 1. The number of ketones is 1. The third-order valence-corrected chi connectivity index (χ3v) is 7.99. The molecule has 0 radical (unpaired) electrons. The molecule has 0 unspecified atom stereocenters. The van der Waals surface area contributed by atoms with Gasteiger partial charge in [0.05, 0.1) is 13.2 Å². The van der Waals surface area contributed by atoms with Crippen molar-refractivity contribution < 1.29 is 18.4 Å². The lowest BCUT2D eigenvalue weighted by Crippen LogP contribution is -2.21. The highest BCUT2D eigenvalue weighted by Gasteiger charge is 2.28. The fourth-order valence-corrected chi connectivity index (χ4v) is 5.79. The highest BCUT2D eigenvalue weighted by molar-refractivity contribution is 7.54. The zero-order chi connectivity index (χ0) is 26.1. The van der Waals surface area contributed by atoms with Crippen LogP contribution in [0.25, 0.3) is 12.2 Å². The van der Waals surface area contributed by atoms with Crippen LogP contribution in [0.3, 0.4) is 0 Å². The molecular weight excluding hydrogens is 469 g/mol. The van der Waals surface area contributed by atoms with E-state index in [1.165, 1.54) is 5.69 Å². The molecule has 0 bridgehead atoms. The van der Waals surface area contributed by atoms with Gasteiger partial charge in [-0.15, -0.1) is 0 Å². The van der Waals surface area contributed by atoms with Crippen LogP contribution >= 0.6 is 7.60 Å². The molecule has 3 aromatic carbocycles. The molecule has 0 aliphatic carbocycles. The quantitative estimate of drug-likeness (QED) is 0.236. The topological polar surface area (TPSA) is 55.8 Å². The summed E-state index contributed by atoms with van der Waals surface area (Å²) >= 11 is 0. The summed E-state index contributed by atoms with van der Waals surface area (Å²) in [6.45, 7) is 14.1.